The van der Waals surface area contributed by atoms with Crippen molar-refractivity contribution in [1.82, 2.24) is 5.32 Å². The summed E-state index contributed by atoms with van der Waals surface area (Å²) < 4.78 is 33.5. The molecule has 7 heteroatoms. The first kappa shape index (κ1) is 25.3. The molecule has 0 aliphatic rings. The highest BCUT2D eigenvalue weighted by Gasteiger charge is 2.27. The summed E-state index contributed by atoms with van der Waals surface area (Å²) in [5.74, 6) is 0.119. The standard InChI is InChI=1S/C27H32N2O4S/c1-5-21-12-13-22(6-2)23(16-21)18-28-27(30)19-29(24-8-7-9-25(17-24)33-4)34(31,32)26-14-10-20(3)11-15-26/h7-17H,5-6,18-19H2,1-4H3,(H,28,30). The van der Waals surface area contributed by atoms with Gasteiger partial charge in [0.2, 0.25) is 5.91 Å². The van der Waals surface area contributed by atoms with Crippen LogP contribution in [0.2, 0.25) is 0 Å². The SMILES string of the molecule is CCc1ccc(CC)c(CNC(=O)CN(c2cccc(OC)c2)S(=O)(=O)c2ccc(C)cc2)c1. The van der Waals surface area contributed by atoms with Gasteiger partial charge in [0.05, 0.1) is 17.7 Å². The lowest BCUT2D eigenvalue weighted by atomic mass is 10.0. The van der Waals surface area contributed by atoms with Crippen LogP contribution in [-0.2, 0) is 34.2 Å². The van der Waals surface area contributed by atoms with Crippen molar-refractivity contribution in [2.24, 2.45) is 0 Å². The van der Waals surface area contributed by atoms with Gasteiger partial charge in [-0.2, -0.15) is 0 Å². The number of carbonyl (C=O) groups is 1. The van der Waals surface area contributed by atoms with E-state index in [1.54, 1.807) is 48.5 Å². The Morgan fingerprint density at radius 1 is 0.941 bits per heavy atom. The third kappa shape index (κ3) is 5.97. The van der Waals surface area contributed by atoms with Crippen molar-refractivity contribution in [3.8, 4) is 5.75 Å². The maximum absolute atomic E-state index is 13.5. The van der Waals surface area contributed by atoms with Gasteiger partial charge in [-0.1, -0.05) is 55.8 Å². The van der Waals surface area contributed by atoms with Crippen LogP contribution in [-0.4, -0.2) is 28.0 Å². The molecule has 0 atom stereocenters. The lowest BCUT2D eigenvalue weighted by molar-refractivity contribution is -0.119. The number of sulfonamides is 1. The number of benzene rings is 3. The van der Waals surface area contributed by atoms with Gasteiger partial charge in [0, 0.05) is 12.6 Å². The van der Waals surface area contributed by atoms with Crippen molar-refractivity contribution >= 4 is 21.6 Å². The predicted molar refractivity (Wildman–Crippen MR) is 136 cm³/mol. The maximum Gasteiger partial charge on any atom is 0.264 e. The summed E-state index contributed by atoms with van der Waals surface area (Å²) in [7, 11) is -2.47. The van der Waals surface area contributed by atoms with Gasteiger partial charge in [-0.05, 0) is 60.7 Å². The van der Waals surface area contributed by atoms with Crippen molar-refractivity contribution in [1.29, 1.82) is 0 Å². The molecule has 0 aromatic heterocycles. The molecule has 0 saturated heterocycles. The number of hydrogen-bond donors (Lipinski definition) is 1. The van der Waals surface area contributed by atoms with Crippen LogP contribution in [0.15, 0.2) is 71.6 Å². The Kier molecular flexibility index (Phi) is 8.34. The minimum Gasteiger partial charge on any atom is -0.497 e. The first-order valence-electron chi connectivity index (χ1n) is 11.4. The predicted octanol–water partition coefficient (Wildman–Crippen LogP) is 4.64. The quantitative estimate of drug-likeness (QED) is 0.459. The zero-order valence-corrected chi connectivity index (χ0v) is 21.0. The van der Waals surface area contributed by atoms with Crippen molar-refractivity contribution in [2.75, 3.05) is 18.0 Å². The summed E-state index contributed by atoms with van der Waals surface area (Å²) in [5.41, 5.74) is 4.71. The summed E-state index contributed by atoms with van der Waals surface area (Å²) >= 11 is 0. The van der Waals surface area contributed by atoms with Gasteiger partial charge in [-0.15, -0.1) is 0 Å². The van der Waals surface area contributed by atoms with Crippen LogP contribution in [0, 0.1) is 6.92 Å². The summed E-state index contributed by atoms with van der Waals surface area (Å²) in [6.07, 6.45) is 1.76. The van der Waals surface area contributed by atoms with Gasteiger partial charge in [0.1, 0.15) is 12.3 Å². The Bertz CT molecular complexity index is 1240. The number of amides is 1. The van der Waals surface area contributed by atoms with Crippen LogP contribution in [0.3, 0.4) is 0 Å². The fourth-order valence-corrected chi connectivity index (χ4v) is 5.12. The van der Waals surface area contributed by atoms with Crippen LogP contribution in [0.5, 0.6) is 5.75 Å². The molecule has 1 N–H and O–H groups in total. The van der Waals surface area contributed by atoms with Crippen molar-refractivity contribution in [3.63, 3.8) is 0 Å². The number of aryl methyl sites for hydroxylation is 3. The Morgan fingerprint density at radius 2 is 1.68 bits per heavy atom. The summed E-state index contributed by atoms with van der Waals surface area (Å²) in [6.45, 7) is 6.04. The van der Waals surface area contributed by atoms with E-state index in [4.69, 9.17) is 4.74 Å². The van der Waals surface area contributed by atoms with Crippen LogP contribution in [0.25, 0.3) is 0 Å². The molecule has 0 spiro atoms. The average Bonchev–Trinajstić information content (AvgIpc) is 2.85. The second kappa shape index (κ2) is 11.2. The second-order valence-corrected chi connectivity index (χ2v) is 9.98. The molecule has 0 bridgehead atoms. The minimum absolute atomic E-state index is 0.123. The number of ether oxygens (including phenoxy) is 1. The Hall–Kier alpha value is -3.32. The topological polar surface area (TPSA) is 75.7 Å². The van der Waals surface area contributed by atoms with Crippen LogP contribution in [0.4, 0.5) is 5.69 Å². The number of carbonyl (C=O) groups excluding carboxylic acids is 1. The summed E-state index contributed by atoms with van der Waals surface area (Å²) in [4.78, 5) is 13.1. The highest BCUT2D eigenvalue weighted by molar-refractivity contribution is 7.92. The van der Waals surface area contributed by atoms with E-state index < -0.39 is 10.0 Å². The smallest absolute Gasteiger partial charge is 0.264 e. The zero-order valence-electron chi connectivity index (χ0n) is 20.2. The molecular formula is C27H32N2O4S. The fraction of sp³-hybridized carbons (Fsp3) is 0.296. The number of nitrogens with zero attached hydrogens (tertiary/aromatic N) is 1. The number of nitrogens with one attached hydrogen (secondary N) is 1. The van der Waals surface area contributed by atoms with E-state index in [0.717, 1.165) is 33.8 Å². The molecule has 6 nitrogen and oxygen atoms in total. The highest BCUT2D eigenvalue weighted by Crippen LogP contribution is 2.27. The first-order valence-corrected chi connectivity index (χ1v) is 12.8. The normalized spacial score (nSPS) is 11.2. The molecule has 0 heterocycles. The first-order chi connectivity index (χ1) is 16.3. The van der Waals surface area contributed by atoms with Crippen molar-refractivity contribution in [2.45, 2.75) is 45.1 Å². The lowest BCUT2D eigenvalue weighted by Gasteiger charge is -2.24. The molecule has 180 valence electrons. The molecule has 3 aromatic rings. The van der Waals surface area contributed by atoms with Gasteiger partial charge in [-0.3, -0.25) is 9.10 Å². The van der Waals surface area contributed by atoms with E-state index in [0.29, 0.717) is 18.0 Å². The average molecular weight is 481 g/mol. The number of rotatable bonds is 10. The van der Waals surface area contributed by atoms with E-state index in [1.807, 2.05) is 6.92 Å². The van der Waals surface area contributed by atoms with Crippen LogP contribution < -0.4 is 14.4 Å². The highest BCUT2D eigenvalue weighted by atomic mass is 32.2. The van der Waals surface area contributed by atoms with E-state index in [-0.39, 0.29) is 17.3 Å². The molecule has 3 aromatic carbocycles. The second-order valence-electron chi connectivity index (χ2n) is 8.11. The third-order valence-corrected chi connectivity index (χ3v) is 7.56. The van der Waals surface area contributed by atoms with Gasteiger partial charge < -0.3 is 10.1 Å². The summed E-state index contributed by atoms with van der Waals surface area (Å²) in [5, 5.41) is 2.91. The largest absolute Gasteiger partial charge is 0.497 e. The van der Waals surface area contributed by atoms with Gasteiger partial charge in [-0.25, -0.2) is 8.42 Å². The molecule has 0 fully saturated rings. The van der Waals surface area contributed by atoms with E-state index in [9.17, 15) is 13.2 Å². The molecule has 0 radical (unpaired) electrons. The van der Waals surface area contributed by atoms with Crippen molar-refractivity contribution < 1.29 is 17.9 Å². The number of anilines is 1. The lowest BCUT2D eigenvalue weighted by Crippen LogP contribution is -2.40. The molecule has 0 aliphatic carbocycles. The minimum atomic E-state index is -3.98. The Morgan fingerprint density at radius 3 is 2.32 bits per heavy atom. The van der Waals surface area contributed by atoms with Gasteiger partial charge in [0.15, 0.2) is 0 Å². The van der Waals surface area contributed by atoms with E-state index >= 15 is 0 Å². The molecule has 0 unspecified atom stereocenters. The summed E-state index contributed by atoms with van der Waals surface area (Å²) in [6, 6.07) is 19.6. The number of methoxy groups -OCH3 is 1. The van der Waals surface area contributed by atoms with Crippen LogP contribution in [0.1, 0.15) is 36.1 Å². The maximum atomic E-state index is 13.5. The molecule has 0 saturated carbocycles. The Balaban J connectivity index is 1.88. The van der Waals surface area contributed by atoms with E-state index in [2.05, 4.69) is 37.4 Å². The Labute approximate surface area is 202 Å². The molecule has 0 aliphatic heterocycles. The van der Waals surface area contributed by atoms with Gasteiger partial charge in [0.25, 0.3) is 10.0 Å². The molecular weight excluding hydrogens is 448 g/mol. The van der Waals surface area contributed by atoms with E-state index in [1.165, 1.54) is 12.7 Å². The van der Waals surface area contributed by atoms with Crippen LogP contribution >= 0.6 is 0 Å². The molecule has 3 rings (SSSR count). The van der Waals surface area contributed by atoms with Crippen molar-refractivity contribution in [3.05, 3.63) is 89.0 Å². The monoisotopic (exact) mass is 480 g/mol. The third-order valence-electron chi connectivity index (χ3n) is 5.77. The number of hydrogen-bond acceptors (Lipinski definition) is 4. The molecule has 1 amide bonds. The van der Waals surface area contributed by atoms with Gasteiger partial charge >= 0.3 is 0 Å². The molecule has 34 heavy (non-hydrogen) atoms. The fourth-order valence-electron chi connectivity index (χ4n) is 3.71. The zero-order chi connectivity index (χ0) is 24.7.